The summed E-state index contributed by atoms with van der Waals surface area (Å²) in [6.45, 7) is 13.1. The summed E-state index contributed by atoms with van der Waals surface area (Å²) in [4.78, 5) is 0. The highest BCUT2D eigenvalue weighted by Crippen LogP contribution is 2.40. The van der Waals surface area contributed by atoms with E-state index < -0.39 is 0 Å². The van der Waals surface area contributed by atoms with Crippen molar-refractivity contribution >= 4 is 0 Å². The number of rotatable bonds is 6. The molecule has 102 valence electrons. The van der Waals surface area contributed by atoms with Gasteiger partial charge in [-0.05, 0) is 55.9 Å². The normalized spacial score (nSPS) is 24.5. The van der Waals surface area contributed by atoms with Crippen LogP contribution in [0.5, 0.6) is 0 Å². The summed E-state index contributed by atoms with van der Waals surface area (Å²) in [7, 11) is 0. The van der Waals surface area contributed by atoms with Crippen LogP contribution < -0.4 is 5.32 Å². The number of nitrogens with one attached hydrogen (secondary N) is 1. The van der Waals surface area contributed by atoms with E-state index in [-0.39, 0.29) is 0 Å². The third-order valence-electron chi connectivity index (χ3n) is 4.78. The fourth-order valence-corrected chi connectivity index (χ4v) is 3.18. The van der Waals surface area contributed by atoms with Crippen LogP contribution in [0.15, 0.2) is 0 Å². The zero-order chi connectivity index (χ0) is 12.9. The average molecular weight is 239 g/mol. The molecule has 2 unspecified atom stereocenters. The largest absolute Gasteiger partial charge is 0.313 e. The minimum absolute atomic E-state index is 0.598. The minimum Gasteiger partial charge on any atom is -0.313 e. The van der Waals surface area contributed by atoms with Crippen molar-refractivity contribution in [3.63, 3.8) is 0 Å². The van der Waals surface area contributed by atoms with Crippen LogP contribution in [-0.2, 0) is 0 Å². The first-order valence-corrected chi connectivity index (χ1v) is 7.73. The standard InChI is InChI=1S/C16H33N/c1-6-12-17-15(13(3)7-2)14-8-10-16(4,5)11-9-14/h13-15,17H,6-12H2,1-5H3. The van der Waals surface area contributed by atoms with Gasteiger partial charge in [-0.2, -0.15) is 0 Å². The summed E-state index contributed by atoms with van der Waals surface area (Å²) >= 11 is 0. The molecular weight excluding hydrogens is 206 g/mol. The van der Waals surface area contributed by atoms with Crippen LogP contribution in [-0.4, -0.2) is 12.6 Å². The van der Waals surface area contributed by atoms with Gasteiger partial charge in [0.2, 0.25) is 0 Å². The maximum atomic E-state index is 3.82. The predicted molar refractivity (Wildman–Crippen MR) is 77.3 cm³/mol. The van der Waals surface area contributed by atoms with E-state index in [1.54, 1.807) is 0 Å². The molecule has 1 fully saturated rings. The molecule has 2 atom stereocenters. The van der Waals surface area contributed by atoms with Crippen molar-refractivity contribution in [2.45, 2.75) is 79.2 Å². The Hall–Kier alpha value is -0.0400. The Balaban J connectivity index is 2.52. The van der Waals surface area contributed by atoms with Crippen molar-refractivity contribution in [1.29, 1.82) is 0 Å². The van der Waals surface area contributed by atoms with E-state index in [2.05, 4.69) is 39.9 Å². The smallest absolute Gasteiger partial charge is 0.0121 e. The van der Waals surface area contributed by atoms with Crippen LogP contribution in [0.2, 0.25) is 0 Å². The monoisotopic (exact) mass is 239 g/mol. The highest BCUT2D eigenvalue weighted by Gasteiger charge is 2.32. The van der Waals surface area contributed by atoms with Crippen molar-refractivity contribution in [3.8, 4) is 0 Å². The van der Waals surface area contributed by atoms with E-state index in [0.29, 0.717) is 5.41 Å². The van der Waals surface area contributed by atoms with Gasteiger partial charge in [-0.15, -0.1) is 0 Å². The minimum atomic E-state index is 0.598. The van der Waals surface area contributed by atoms with Gasteiger partial charge in [0.15, 0.2) is 0 Å². The molecule has 1 nitrogen and oxygen atoms in total. The third kappa shape index (κ3) is 4.62. The quantitative estimate of drug-likeness (QED) is 0.713. The van der Waals surface area contributed by atoms with Gasteiger partial charge in [0, 0.05) is 6.04 Å². The number of hydrogen-bond acceptors (Lipinski definition) is 1. The molecule has 0 aromatic heterocycles. The summed E-state index contributed by atoms with van der Waals surface area (Å²) < 4.78 is 0. The van der Waals surface area contributed by atoms with Crippen LogP contribution in [0.25, 0.3) is 0 Å². The van der Waals surface area contributed by atoms with Gasteiger partial charge in [-0.1, -0.05) is 41.0 Å². The maximum Gasteiger partial charge on any atom is 0.0121 e. The molecule has 0 heterocycles. The molecule has 1 heteroatoms. The Kier molecular flexibility index (Phi) is 5.99. The lowest BCUT2D eigenvalue weighted by atomic mass is 9.69. The van der Waals surface area contributed by atoms with Crippen LogP contribution in [0.3, 0.4) is 0 Å². The zero-order valence-electron chi connectivity index (χ0n) is 12.7. The molecule has 0 aromatic rings. The zero-order valence-corrected chi connectivity index (χ0v) is 12.7. The Morgan fingerprint density at radius 3 is 2.24 bits per heavy atom. The molecule has 1 N–H and O–H groups in total. The van der Waals surface area contributed by atoms with Crippen LogP contribution in [0, 0.1) is 17.3 Å². The Labute approximate surface area is 109 Å². The molecule has 0 bridgehead atoms. The van der Waals surface area contributed by atoms with Crippen molar-refractivity contribution < 1.29 is 0 Å². The van der Waals surface area contributed by atoms with Crippen molar-refractivity contribution in [1.82, 2.24) is 5.32 Å². The lowest BCUT2D eigenvalue weighted by molar-refractivity contribution is 0.138. The molecule has 1 aliphatic carbocycles. The fourth-order valence-electron chi connectivity index (χ4n) is 3.18. The molecule has 17 heavy (non-hydrogen) atoms. The third-order valence-corrected chi connectivity index (χ3v) is 4.78. The molecule has 1 aliphatic rings. The summed E-state index contributed by atoms with van der Waals surface area (Å²) in [6.07, 6.45) is 8.25. The molecule has 1 rings (SSSR count). The summed E-state index contributed by atoms with van der Waals surface area (Å²) in [5, 5.41) is 3.82. The van der Waals surface area contributed by atoms with Gasteiger partial charge in [-0.3, -0.25) is 0 Å². The lowest BCUT2D eigenvalue weighted by Crippen LogP contribution is -2.43. The van der Waals surface area contributed by atoms with E-state index >= 15 is 0 Å². The number of hydrogen-bond donors (Lipinski definition) is 1. The van der Waals surface area contributed by atoms with Crippen molar-refractivity contribution in [3.05, 3.63) is 0 Å². The van der Waals surface area contributed by atoms with Gasteiger partial charge in [0.25, 0.3) is 0 Å². The van der Waals surface area contributed by atoms with Gasteiger partial charge >= 0.3 is 0 Å². The van der Waals surface area contributed by atoms with Gasteiger partial charge < -0.3 is 5.32 Å². The highest BCUT2D eigenvalue weighted by molar-refractivity contribution is 4.87. The second kappa shape index (κ2) is 6.78. The molecule has 0 radical (unpaired) electrons. The Bertz CT molecular complexity index is 200. The summed E-state index contributed by atoms with van der Waals surface area (Å²) in [6, 6.07) is 0.760. The fraction of sp³-hybridized carbons (Fsp3) is 1.00. The first-order valence-electron chi connectivity index (χ1n) is 7.73. The summed E-state index contributed by atoms with van der Waals surface area (Å²) in [5.41, 5.74) is 0.598. The van der Waals surface area contributed by atoms with Crippen LogP contribution in [0.4, 0.5) is 0 Å². The lowest BCUT2D eigenvalue weighted by Gasteiger charge is -2.40. The SMILES string of the molecule is CCCNC(C(C)CC)C1CCC(C)(C)CC1. The van der Waals surface area contributed by atoms with Crippen molar-refractivity contribution in [2.75, 3.05) is 6.54 Å². The molecule has 0 aromatic carbocycles. The highest BCUT2D eigenvalue weighted by atomic mass is 14.9. The second-order valence-electron chi connectivity index (χ2n) is 6.87. The van der Waals surface area contributed by atoms with E-state index in [1.807, 2.05) is 0 Å². The molecule has 0 aliphatic heterocycles. The Morgan fingerprint density at radius 1 is 1.18 bits per heavy atom. The molecular formula is C16H33N. The van der Waals surface area contributed by atoms with E-state index in [9.17, 15) is 0 Å². The topological polar surface area (TPSA) is 12.0 Å². The van der Waals surface area contributed by atoms with E-state index in [4.69, 9.17) is 0 Å². The first kappa shape index (κ1) is 15.0. The molecule has 0 spiro atoms. The summed E-state index contributed by atoms with van der Waals surface area (Å²) in [5.74, 6) is 1.75. The predicted octanol–water partition coefficient (Wildman–Crippen LogP) is 4.62. The Morgan fingerprint density at radius 2 is 1.76 bits per heavy atom. The maximum absolute atomic E-state index is 3.82. The molecule has 1 saturated carbocycles. The van der Waals surface area contributed by atoms with Gasteiger partial charge in [0.1, 0.15) is 0 Å². The van der Waals surface area contributed by atoms with Crippen LogP contribution in [0.1, 0.15) is 73.1 Å². The molecule has 0 saturated heterocycles. The molecule has 0 amide bonds. The van der Waals surface area contributed by atoms with Crippen molar-refractivity contribution in [2.24, 2.45) is 17.3 Å². The average Bonchev–Trinajstić information content (AvgIpc) is 2.30. The second-order valence-corrected chi connectivity index (χ2v) is 6.87. The van der Waals surface area contributed by atoms with Crippen LogP contribution >= 0.6 is 0 Å². The van der Waals surface area contributed by atoms with E-state index in [0.717, 1.165) is 17.9 Å². The van der Waals surface area contributed by atoms with Gasteiger partial charge in [-0.25, -0.2) is 0 Å². The van der Waals surface area contributed by atoms with Gasteiger partial charge in [0.05, 0.1) is 0 Å². The first-order chi connectivity index (χ1) is 8.00. The van der Waals surface area contributed by atoms with E-state index in [1.165, 1.54) is 45.1 Å².